The van der Waals surface area contributed by atoms with E-state index in [1.807, 2.05) is 0 Å². The van der Waals surface area contributed by atoms with Gasteiger partial charge in [0.25, 0.3) is 0 Å². The third-order valence-corrected chi connectivity index (χ3v) is 3.15. The van der Waals surface area contributed by atoms with E-state index in [4.69, 9.17) is 9.26 Å². The van der Waals surface area contributed by atoms with E-state index in [0.717, 1.165) is 19.4 Å². The van der Waals surface area contributed by atoms with E-state index >= 15 is 0 Å². The van der Waals surface area contributed by atoms with Gasteiger partial charge < -0.3 is 4.74 Å². The van der Waals surface area contributed by atoms with E-state index in [-0.39, 0.29) is 20.9 Å². The van der Waals surface area contributed by atoms with Crippen molar-refractivity contribution >= 4 is 8.69 Å². The van der Waals surface area contributed by atoms with Crippen LogP contribution in [0.5, 0.6) is 0 Å². The number of epoxide rings is 1. The molecular formula is C11H21O3P. The molecular weight excluding hydrogens is 211 g/mol. The maximum absolute atomic E-state index is 10.3. The third kappa shape index (κ3) is 6.24. The zero-order chi connectivity index (χ0) is 10.9. The van der Waals surface area contributed by atoms with Gasteiger partial charge in [-0.2, -0.15) is 0 Å². The number of hydrogen-bond donors (Lipinski definition) is 0. The smallest absolute Gasteiger partial charge is 0.327 e. The molecule has 15 heavy (non-hydrogen) atoms. The van der Waals surface area contributed by atoms with Crippen molar-refractivity contribution in [3.63, 3.8) is 0 Å². The largest absolute Gasteiger partial charge is 0.370 e. The molecule has 1 aliphatic rings. The van der Waals surface area contributed by atoms with Crippen LogP contribution in [0.2, 0.25) is 0 Å². The van der Waals surface area contributed by atoms with E-state index in [1.54, 1.807) is 0 Å². The van der Waals surface area contributed by atoms with Gasteiger partial charge in [0, 0.05) is 0 Å². The number of ether oxygens (including phenoxy) is 1. The molecule has 1 saturated heterocycles. The summed E-state index contributed by atoms with van der Waals surface area (Å²) in [7, 11) is -0.213. The van der Waals surface area contributed by atoms with Crippen molar-refractivity contribution in [3.8, 4) is 0 Å². The Balaban J connectivity index is 1.94. The van der Waals surface area contributed by atoms with Crippen LogP contribution in [-0.2, 0) is 13.8 Å². The molecule has 0 aromatic rings. The van der Waals surface area contributed by atoms with Crippen LogP contribution < -0.4 is 0 Å². The first kappa shape index (κ1) is 13.1. The predicted molar refractivity (Wildman–Crippen MR) is 60.2 cm³/mol. The standard InChI is InChI=1S/C11H21O3P/c1-2-3-4-5-6-7-8-10(14-15-12)11-9-13-11/h10-11H,2-9H2,1H3. The van der Waals surface area contributed by atoms with Crippen molar-refractivity contribution in [3.05, 3.63) is 0 Å². The summed E-state index contributed by atoms with van der Waals surface area (Å²) in [6.45, 7) is 3.00. The number of unbranched alkanes of at least 4 members (excludes halogenated alkanes) is 5. The van der Waals surface area contributed by atoms with Gasteiger partial charge in [-0.05, 0) is 6.42 Å². The lowest BCUT2D eigenvalue weighted by molar-refractivity contribution is 0.163. The molecule has 0 radical (unpaired) electrons. The molecule has 3 nitrogen and oxygen atoms in total. The van der Waals surface area contributed by atoms with Crippen LogP contribution in [-0.4, -0.2) is 18.8 Å². The first-order valence-corrected chi connectivity index (χ1v) is 6.71. The summed E-state index contributed by atoms with van der Waals surface area (Å²) < 4.78 is 20.6. The van der Waals surface area contributed by atoms with E-state index < -0.39 is 0 Å². The van der Waals surface area contributed by atoms with Crippen LogP contribution in [0.1, 0.15) is 51.9 Å². The first-order chi connectivity index (χ1) is 7.38. The minimum atomic E-state index is -0.213. The van der Waals surface area contributed by atoms with E-state index in [9.17, 15) is 4.57 Å². The lowest BCUT2D eigenvalue weighted by Gasteiger charge is -2.09. The van der Waals surface area contributed by atoms with Crippen molar-refractivity contribution in [1.82, 2.24) is 0 Å². The molecule has 88 valence electrons. The number of rotatable bonds is 10. The van der Waals surface area contributed by atoms with Gasteiger partial charge in [-0.1, -0.05) is 45.4 Å². The van der Waals surface area contributed by atoms with Crippen molar-refractivity contribution in [2.45, 2.75) is 64.1 Å². The van der Waals surface area contributed by atoms with Crippen molar-refractivity contribution in [2.75, 3.05) is 6.61 Å². The first-order valence-electron chi connectivity index (χ1n) is 5.98. The molecule has 0 N–H and O–H groups in total. The van der Waals surface area contributed by atoms with E-state index in [0.29, 0.717) is 0 Å². The van der Waals surface area contributed by atoms with Gasteiger partial charge in [0.2, 0.25) is 0 Å². The second-order valence-corrected chi connectivity index (χ2v) is 4.51. The molecule has 0 aromatic heterocycles. The van der Waals surface area contributed by atoms with Gasteiger partial charge in [-0.15, -0.1) is 0 Å². The van der Waals surface area contributed by atoms with Crippen LogP contribution in [0.15, 0.2) is 0 Å². The molecule has 0 bridgehead atoms. The Morgan fingerprint density at radius 3 is 2.60 bits per heavy atom. The summed E-state index contributed by atoms with van der Waals surface area (Å²) in [5, 5.41) is 0. The van der Waals surface area contributed by atoms with Crippen LogP contribution in [0.3, 0.4) is 0 Å². The minimum Gasteiger partial charge on any atom is -0.370 e. The van der Waals surface area contributed by atoms with Crippen molar-refractivity contribution in [1.29, 1.82) is 0 Å². The van der Waals surface area contributed by atoms with E-state index in [2.05, 4.69) is 6.92 Å². The van der Waals surface area contributed by atoms with Crippen LogP contribution in [0.4, 0.5) is 0 Å². The highest BCUT2D eigenvalue weighted by molar-refractivity contribution is 7.17. The van der Waals surface area contributed by atoms with Gasteiger partial charge >= 0.3 is 8.69 Å². The molecule has 0 amide bonds. The predicted octanol–water partition coefficient (Wildman–Crippen LogP) is 3.73. The summed E-state index contributed by atoms with van der Waals surface area (Å²) >= 11 is 0. The summed E-state index contributed by atoms with van der Waals surface area (Å²) in [6.07, 6.45) is 8.92. The molecule has 0 spiro atoms. The molecule has 1 rings (SSSR count). The zero-order valence-electron chi connectivity index (χ0n) is 9.48. The second-order valence-electron chi connectivity index (χ2n) is 4.15. The average molecular weight is 232 g/mol. The van der Waals surface area contributed by atoms with Gasteiger partial charge in [0.1, 0.15) is 6.10 Å². The number of hydrogen-bond acceptors (Lipinski definition) is 3. The third-order valence-electron chi connectivity index (χ3n) is 2.79. The Morgan fingerprint density at radius 2 is 2.00 bits per heavy atom. The summed E-state index contributed by atoms with van der Waals surface area (Å²) in [5.74, 6) is 0. The fourth-order valence-corrected chi connectivity index (χ4v) is 2.11. The monoisotopic (exact) mass is 232 g/mol. The molecule has 0 saturated carbocycles. The highest BCUT2D eigenvalue weighted by Crippen LogP contribution is 2.24. The highest BCUT2D eigenvalue weighted by atomic mass is 31.1. The fourth-order valence-electron chi connectivity index (χ4n) is 1.76. The average Bonchev–Trinajstić information content (AvgIpc) is 3.05. The highest BCUT2D eigenvalue weighted by Gasteiger charge is 2.33. The second kappa shape index (κ2) is 8.20. The van der Waals surface area contributed by atoms with Gasteiger partial charge in [-0.3, -0.25) is 4.52 Å². The Kier molecular flexibility index (Phi) is 7.16. The summed E-state index contributed by atoms with van der Waals surface area (Å²) in [5.41, 5.74) is 0. The van der Waals surface area contributed by atoms with Crippen LogP contribution in [0, 0.1) is 0 Å². The Bertz CT molecular complexity index is 171. The quantitative estimate of drug-likeness (QED) is 0.327. The van der Waals surface area contributed by atoms with Crippen LogP contribution in [0.25, 0.3) is 0 Å². The zero-order valence-corrected chi connectivity index (χ0v) is 10.4. The fraction of sp³-hybridized carbons (Fsp3) is 1.00. The maximum Gasteiger partial charge on any atom is 0.327 e. The van der Waals surface area contributed by atoms with Crippen LogP contribution >= 0.6 is 8.69 Å². The molecule has 1 fully saturated rings. The lowest BCUT2D eigenvalue weighted by atomic mass is 10.1. The molecule has 1 aliphatic heterocycles. The lowest BCUT2D eigenvalue weighted by Crippen LogP contribution is -2.15. The molecule has 1 heterocycles. The molecule has 0 aromatic carbocycles. The topological polar surface area (TPSA) is 38.8 Å². The normalized spacial score (nSPS) is 21.8. The van der Waals surface area contributed by atoms with Gasteiger partial charge in [0.15, 0.2) is 0 Å². The van der Waals surface area contributed by atoms with Gasteiger partial charge in [0.05, 0.1) is 12.7 Å². The molecule has 4 heteroatoms. The Hall–Kier alpha value is 0.0200. The Morgan fingerprint density at radius 1 is 1.33 bits per heavy atom. The van der Waals surface area contributed by atoms with E-state index in [1.165, 1.54) is 32.1 Å². The van der Waals surface area contributed by atoms with Crippen molar-refractivity contribution in [2.24, 2.45) is 0 Å². The summed E-state index contributed by atoms with van der Waals surface area (Å²) in [4.78, 5) is 0. The minimum absolute atomic E-state index is 0.0512. The van der Waals surface area contributed by atoms with Crippen molar-refractivity contribution < 1.29 is 13.8 Å². The molecule has 2 unspecified atom stereocenters. The SMILES string of the molecule is CCCCCCCCC(OP=O)C1CO1. The summed E-state index contributed by atoms with van der Waals surface area (Å²) in [6, 6.07) is 0. The Labute approximate surface area is 93.8 Å². The maximum atomic E-state index is 10.3. The molecule has 2 atom stereocenters. The molecule has 0 aliphatic carbocycles. The van der Waals surface area contributed by atoms with Gasteiger partial charge in [-0.25, -0.2) is 4.57 Å².